The molecule has 0 bridgehead atoms. The van der Waals surface area contributed by atoms with E-state index in [0.29, 0.717) is 17.2 Å². The summed E-state index contributed by atoms with van der Waals surface area (Å²) >= 11 is 1.52. The van der Waals surface area contributed by atoms with Gasteiger partial charge in [-0.1, -0.05) is 6.92 Å². The summed E-state index contributed by atoms with van der Waals surface area (Å²) < 4.78 is 0. The molecule has 0 spiro atoms. The second kappa shape index (κ2) is 6.10. The summed E-state index contributed by atoms with van der Waals surface area (Å²) in [6, 6.07) is 5.63. The van der Waals surface area contributed by atoms with Gasteiger partial charge in [0.25, 0.3) is 5.91 Å². The molecule has 1 saturated carbocycles. The lowest BCUT2D eigenvalue weighted by Gasteiger charge is -2.23. The van der Waals surface area contributed by atoms with Crippen LogP contribution >= 0.6 is 11.8 Å². The molecule has 0 radical (unpaired) electrons. The Hall–Kier alpha value is -1.49. The van der Waals surface area contributed by atoms with Gasteiger partial charge >= 0.3 is 0 Å². The zero-order chi connectivity index (χ0) is 14.8. The van der Waals surface area contributed by atoms with E-state index in [9.17, 15) is 9.59 Å². The minimum absolute atomic E-state index is 0.000457. The molecule has 1 aromatic rings. The molecule has 1 aliphatic heterocycles. The summed E-state index contributed by atoms with van der Waals surface area (Å²) in [4.78, 5) is 27.1. The zero-order valence-electron chi connectivity index (χ0n) is 12.2. The van der Waals surface area contributed by atoms with Crippen LogP contribution in [0.1, 0.15) is 36.5 Å². The number of fused-ring (bicyclic) bond motifs is 1. The molecule has 5 heteroatoms. The Balaban J connectivity index is 1.79. The molecule has 1 N–H and O–H groups in total. The maximum absolute atomic E-state index is 12.7. The first-order chi connectivity index (χ1) is 10.2. The molecule has 21 heavy (non-hydrogen) atoms. The third kappa shape index (κ3) is 3.40. The maximum Gasteiger partial charge on any atom is 0.253 e. The van der Waals surface area contributed by atoms with Crippen molar-refractivity contribution in [1.29, 1.82) is 0 Å². The van der Waals surface area contributed by atoms with E-state index in [1.165, 1.54) is 24.6 Å². The maximum atomic E-state index is 12.7. The Morgan fingerprint density at radius 1 is 1.43 bits per heavy atom. The summed E-state index contributed by atoms with van der Waals surface area (Å²) in [5, 5.41) is 2.85. The van der Waals surface area contributed by atoms with Crippen molar-refractivity contribution in [3.63, 3.8) is 0 Å². The standard InChI is InChI=1S/C16H20N2O2S/c1-2-7-18(9-11-3-4-11)16(20)12-5-6-14-13(8-12)17-15(19)10-21-14/h5-6,8,11H,2-4,7,9-10H2,1H3,(H,17,19). The monoisotopic (exact) mass is 304 g/mol. The molecule has 3 rings (SSSR count). The molecular formula is C16H20N2O2S. The molecule has 1 fully saturated rings. The number of nitrogens with one attached hydrogen (secondary N) is 1. The second-order valence-corrected chi connectivity index (χ2v) is 6.76. The third-order valence-electron chi connectivity index (χ3n) is 3.82. The van der Waals surface area contributed by atoms with Crippen LogP contribution in [0.4, 0.5) is 5.69 Å². The fourth-order valence-electron chi connectivity index (χ4n) is 2.56. The number of amides is 2. The molecule has 2 aliphatic rings. The molecule has 112 valence electrons. The predicted molar refractivity (Wildman–Crippen MR) is 84.7 cm³/mol. The average molecular weight is 304 g/mol. The number of nitrogens with zero attached hydrogens (tertiary/aromatic N) is 1. The third-order valence-corrected chi connectivity index (χ3v) is 4.89. The first-order valence-corrected chi connectivity index (χ1v) is 8.52. The van der Waals surface area contributed by atoms with Crippen LogP contribution in [0.2, 0.25) is 0 Å². The quantitative estimate of drug-likeness (QED) is 0.910. The van der Waals surface area contributed by atoms with Gasteiger partial charge in [0.15, 0.2) is 0 Å². The van der Waals surface area contributed by atoms with E-state index in [-0.39, 0.29) is 11.8 Å². The van der Waals surface area contributed by atoms with Gasteiger partial charge in [0, 0.05) is 23.5 Å². The van der Waals surface area contributed by atoms with Crippen molar-refractivity contribution in [3.8, 4) is 0 Å². The number of anilines is 1. The molecule has 0 unspecified atom stereocenters. The lowest BCUT2D eigenvalue weighted by molar-refractivity contribution is -0.113. The van der Waals surface area contributed by atoms with E-state index >= 15 is 0 Å². The normalized spacial score (nSPS) is 17.1. The smallest absolute Gasteiger partial charge is 0.253 e. The highest BCUT2D eigenvalue weighted by atomic mass is 32.2. The van der Waals surface area contributed by atoms with Gasteiger partial charge in [-0.3, -0.25) is 9.59 Å². The van der Waals surface area contributed by atoms with Gasteiger partial charge in [-0.25, -0.2) is 0 Å². The molecule has 0 saturated heterocycles. The van der Waals surface area contributed by atoms with Crippen molar-refractivity contribution in [2.45, 2.75) is 31.1 Å². The number of hydrogen-bond acceptors (Lipinski definition) is 3. The molecule has 0 atom stereocenters. The van der Waals surface area contributed by atoms with Crippen molar-refractivity contribution in [3.05, 3.63) is 23.8 Å². The van der Waals surface area contributed by atoms with Gasteiger partial charge in [-0.05, 0) is 43.4 Å². The fourth-order valence-corrected chi connectivity index (χ4v) is 3.34. The lowest BCUT2D eigenvalue weighted by atomic mass is 10.1. The van der Waals surface area contributed by atoms with Crippen molar-refractivity contribution in [2.75, 3.05) is 24.2 Å². The number of hydrogen-bond donors (Lipinski definition) is 1. The first-order valence-electron chi connectivity index (χ1n) is 7.53. The highest BCUT2D eigenvalue weighted by Gasteiger charge is 2.27. The van der Waals surface area contributed by atoms with Crippen LogP contribution < -0.4 is 5.32 Å². The van der Waals surface area contributed by atoms with E-state index < -0.39 is 0 Å². The van der Waals surface area contributed by atoms with Crippen LogP contribution in [0, 0.1) is 5.92 Å². The largest absolute Gasteiger partial charge is 0.338 e. The second-order valence-electron chi connectivity index (χ2n) is 5.74. The van der Waals surface area contributed by atoms with E-state index in [0.717, 1.165) is 30.1 Å². The van der Waals surface area contributed by atoms with E-state index in [4.69, 9.17) is 0 Å². The SMILES string of the molecule is CCCN(CC1CC1)C(=O)c1ccc2c(c1)NC(=O)CS2. The zero-order valence-corrected chi connectivity index (χ0v) is 13.0. The Kier molecular flexibility index (Phi) is 4.19. The Labute approximate surface area is 129 Å². The average Bonchev–Trinajstić information content (AvgIpc) is 3.29. The van der Waals surface area contributed by atoms with Gasteiger partial charge in [-0.15, -0.1) is 11.8 Å². The Morgan fingerprint density at radius 2 is 2.24 bits per heavy atom. The molecule has 4 nitrogen and oxygen atoms in total. The van der Waals surface area contributed by atoms with Crippen LogP contribution in [0.25, 0.3) is 0 Å². The van der Waals surface area contributed by atoms with Crippen molar-refractivity contribution < 1.29 is 9.59 Å². The molecule has 1 aliphatic carbocycles. The number of thioether (sulfide) groups is 1. The van der Waals surface area contributed by atoms with Crippen LogP contribution in [-0.4, -0.2) is 35.6 Å². The number of benzene rings is 1. The molecule has 2 amide bonds. The van der Waals surface area contributed by atoms with Gasteiger partial charge < -0.3 is 10.2 Å². The minimum atomic E-state index is 0.000457. The minimum Gasteiger partial charge on any atom is -0.338 e. The van der Waals surface area contributed by atoms with E-state index in [1.54, 1.807) is 0 Å². The fraction of sp³-hybridized carbons (Fsp3) is 0.500. The molecular weight excluding hydrogens is 284 g/mol. The highest BCUT2D eigenvalue weighted by molar-refractivity contribution is 8.00. The van der Waals surface area contributed by atoms with Crippen LogP contribution in [-0.2, 0) is 4.79 Å². The molecule has 0 aromatic heterocycles. The predicted octanol–water partition coefficient (Wildman–Crippen LogP) is 2.99. The van der Waals surface area contributed by atoms with Crippen LogP contribution in [0.3, 0.4) is 0 Å². The van der Waals surface area contributed by atoms with Crippen molar-refractivity contribution in [2.24, 2.45) is 5.92 Å². The van der Waals surface area contributed by atoms with Gasteiger partial charge in [0.2, 0.25) is 5.91 Å². The summed E-state index contributed by atoms with van der Waals surface area (Å²) in [7, 11) is 0. The molecule has 1 heterocycles. The van der Waals surface area contributed by atoms with Crippen molar-refractivity contribution >= 4 is 29.3 Å². The number of rotatable bonds is 5. The van der Waals surface area contributed by atoms with Gasteiger partial charge in [0.05, 0.1) is 11.4 Å². The topological polar surface area (TPSA) is 49.4 Å². The van der Waals surface area contributed by atoms with Crippen LogP contribution in [0.15, 0.2) is 23.1 Å². The van der Waals surface area contributed by atoms with E-state index in [1.807, 2.05) is 23.1 Å². The number of carbonyl (C=O) groups is 2. The molecule has 1 aromatic carbocycles. The van der Waals surface area contributed by atoms with E-state index in [2.05, 4.69) is 12.2 Å². The van der Waals surface area contributed by atoms with Crippen LogP contribution in [0.5, 0.6) is 0 Å². The first kappa shape index (κ1) is 14.4. The summed E-state index contributed by atoms with van der Waals surface area (Å²) in [6.07, 6.45) is 3.45. The lowest BCUT2D eigenvalue weighted by Crippen LogP contribution is -2.33. The van der Waals surface area contributed by atoms with Gasteiger partial charge in [0.1, 0.15) is 0 Å². The highest BCUT2D eigenvalue weighted by Crippen LogP contribution is 2.33. The van der Waals surface area contributed by atoms with Gasteiger partial charge in [-0.2, -0.15) is 0 Å². The Bertz CT molecular complexity index is 569. The number of carbonyl (C=O) groups excluding carboxylic acids is 2. The Morgan fingerprint density at radius 3 is 2.95 bits per heavy atom. The summed E-state index contributed by atoms with van der Waals surface area (Å²) in [5.74, 6) is 1.22. The summed E-state index contributed by atoms with van der Waals surface area (Å²) in [5.41, 5.74) is 1.44. The van der Waals surface area contributed by atoms with Crippen molar-refractivity contribution in [1.82, 2.24) is 4.90 Å². The summed E-state index contributed by atoms with van der Waals surface area (Å²) in [6.45, 7) is 3.76.